The highest BCUT2D eigenvalue weighted by Gasteiger charge is 2.18. The van der Waals surface area contributed by atoms with Crippen molar-refractivity contribution in [3.8, 4) is 0 Å². The standard InChI is InChI=1S/C10H19N5O/c1-7-5-12-9(14-11)13-8(7)15(4)6-10(2,3)16/h5,16H,6,11H2,1-4H3,(H,12,13,14). The van der Waals surface area contributed by atoms with E-state index in [9.17, 15) is 5.11 Å². The lowest BCUT2D eigenvalue weighted by Crippen LogP contribution is -2.37. The molecule has 0 fully saturated rings. The molecular formula is C10H19N5O. The quantitative estimate of drug-likeness (QED) is 0.504. The number of nitrogens with two attached hydrogens (primary N) is 1. The third-order valence-corrected chi connectivity index (χ3v) is 2.06. The van der Waals surface area contributed by atoms with E-state index in [4.69, 9.17) is 5.84 Å². The summed E-state index contributed by atoms with van der Waals surface area (Å²) in [4.78, 5) is 10.1. The number of anilines is 2. The van der Waals surface area contributed by atoms with Crippen molar-refractivity contribution in [2.75, 3.05) is 23.9 Å². The molecule has 0 aliphatic carbocycles. The fourth-order valence-corrected chi connectivity index (χ4v) is 1.54. The highest BCUT2D eigenvalue weighted by atomic mass is 16.3. The Hall–Kier alpha value is -1.40. The van der Waals surface area contributed by atoms with E-state index in [0.29, 0.717) is 12.5 Å². The maximum absolute atomic E-state index is 9.74. The SMILES string of the molecule is Cc1cnc(NN)nc1N(C)CC(C)(C)O. The van der Waals surface area contributed by atoms with Crippen LogP contribution in [0, 0.1) is 6.92 Å². The first-order valence-corrected chi connectivity index (χ1v) is 5.07. The van der Waals surface area contributed by atoms with Crippen molar-refractivity contribution in [2.45, 2.75) is 26.4 Å². The lowest BCUT2D eigenvalue weighted by molar-refractivity contribution is 0.0884. The van der Waals surface area contributed by atoms with Crippen molar-refractivity contribution in [1.82, 2.24) is 9.97 Å². The Balaban J connectivity index is 2.93. The molecule has 0 spiro atoms. The van der Waals surface area contributed by atoms with Crippen LogP contribution in [0.5, 0.6) is 0 Å². The summed E-state index contributed by atoms with van der Waals surface area (Å²) in [5.74, 6) is 6.37. The maximum atomic E-state index is 9.74. The third kappa shape index (κ3) is 3.32. The zero-order chi connectivity index (χ0) is 12.3. The molecule has 6 nitrogen and oxygen atoms in total. The third-order valence-electron chi connectivity index (χ3n) is 2.06. The lowest BCUT2D eigenvalue weighted by Gasteiger charge is -2.27. The van der Waals surface area contributed by atoms with Crippen molar-refractivity contribution in [3.05, 3.63) is 11.8 Å². The molecule has 0 aliphatic rings. The van der Waals surface area contributed by atoms with Crippen molar-refractivity contribution < 1.29 is 5.11 Å². The lowest BCUT2D eigenvalue weighted by atomic mass is 10.1. The smallest absolute Gasteiger partial charge is 0.239 e. The first-order valence-electron chi connectivity index (χ1n) is 5.07. The Kier molecular flexibility index (Phi) is 3.66. The summed E-state index contributed by atoms with van der Waals surface area (Å²) in [5.41, 5.74) is 2.56. The molecule has 0 radical (unpaired) electrons. The second-order valence-electron chi connectivity index (χ2n) is 4.51. The van der Waals surface area contributed by atoms with Gasteiger partial charge in [0.25, 0.3) is 0 Å². The van der Waals surface area contributed by atoms with Crippen LogP contribution in [0.4, 0.5) is 11.8 Å². The number of hydrogen-bond acceptors (Lipinski definition) is 6. The summed E-state index contributed by atoms with van der Waals surface area (Å²) in [6.07, 6.45) is 1.69. The number of aromatic nitrogens is 2. The average molecular weight is 225 g/mol. The van der Waals surface area contributed by atoms with Crippen molar-refractivity contribution in [3.63, 3.8) is 0 Å². The normalized spacial score (nSPS) is 11.4. The van der Waals surface area contributed by atoms with Gasteiger partial charge in [-0.1, -0.05) is 0 Å². The Bertz CT molecular complexity index is 361. The van der Waals surface area contributed by atoms with Gasteiger partial charge in [0.05, 0.1) is 5.60 Å². The number of nitrogens with one attached hydrogen (secondary N) is 1. The Labute approximate surface area is 95.5 Å². The highest BCUT2D eigenvalue weighted by molar-refractivity contribution is 5.48. The Morgan fingerprint density at radius 2 is 2.19 bits per heavy atom. The molecule has 1 heterocycles. The van der Waals surface area contributed by atoms with E-state index >= 15 is 0 Å². The number of rotatable bonds is 4. The number of hydrazine groups is 1. The van der Waals surface area contributed by atoms with Crippen LogP contribution < -0.4 is 16.2 Å². The molecule has 6 heteroatoms. The molecule has 4 N–H and O–H groups in total. The van der Waals surface area contributed by atoms with Gasteiger partial charge in [0, 0.05) is 25.4 Å². The van der Waals surface area contributed by atoms with Gasteiger partial charge in [0.2, 0.25) is 5.95 Å². The Morgan fingerprint density at radius 3 is 2.69 bits per heavy atom. The number of likely N-dealkylation sites (N-methyl/N-ethyl adjacent to an activating group) is 1. The monoisotopic (exact) mass is 225 g/mol. The van der Waals surface area contributed by atoms with Crippen LogP contribution in [0.2, 0.25) is 0 Å². The summed E-state index contributed by atoms with van der Waals surface area (Å²) in [5, 5.41) is 9.74. The fraction of sp³-hybridized carbons (Fsp3) is 0.600. The van der Waals surface area contributed by atoms with Gasteiger partial charge in [-0.3, -0.25) is 5.43 Å². The van der Waals surface area contributed by atoms with Crippen LogP contribution in [-0.2, 0) is 0 Å². The topological polar surface area (TPSA) is 87.3 Å². The van der Waals surface area contributed by atoms with Crippen LogP contribution in [0.3, 0.4) is 0 Å². The molecule has 0 bridgehead atoms. The minimum absolute atomic E-state index is 0.364. The molecule has 1 rings (SSSR count). The molecule has 0 aromatic carbocycles. The number of aliphatic hydroxyl groups is 1. The Morgan fingerprint density at radius 1 is 1.56 bits per heavy atom. The number of nitrogen functional groups attached to an aromatic ring is 1. The van der Waals surface area contributed by atoms with Gasteiger partial charge in [-0.25, -0.2) is 10.8 Å². The second kappa shape index (κ2) is 4.63. The fourth-order valence-electron chi connectivity index (χ4n) is 1.54. The molecule has 1 aromatic rings. The molecule has 0 aliphatic heterocycles. The summed E-state index contributed by atoms with van der Waals surface area (Å²) < 4.78 is 0. The van der Waals surface area contributed by atoms with Gasteiger partial charge in [0.1, 0.15) is 5.82 Å². The van der Waals surface area contributed by atoms with Gasteiger partial charge in [-0.15, -0.1) is 0 Å². The minimum atomic E-state index is -0.775. The molecule has 0 atom stereocenters. The summed E-state index contributed by atoms with van der Waals surface area (Å²) in [6.45, 7) is 5.90. The van der Waals surface area contributed by atoms with Gasteiger partial charge in [0.15, 0.2) is 0 Å². The molecule has 0 amide bonds. The minimum Gasteiger partial charge on any atom is -0.389 e. The predicted octanol–water partition coefficient (Wildman–Crippen LogP) is 0.278. The number of nitrogens with zero attached hydrogens (tertiary/aromatic N) is 3. The van der Waals surface area contributed by atoms with Crippen molar-refractivity contribution in [2.24, 2.45) is 5.84 Å². The highest BCUT2D eigenvalue weighted by Crippen LogP contribution is 2.18. The number of aryl methyl sites for hydroxylation is 1. The summed E-state index contributed by atoms with van der Waals surface area (Å²) in [6, 6.07) is 0. The zero-order valence-electron chi connectivity index (χ0n) is 10.2. The van der Waals surface area contributed by atoms with Crippen LogP contribution in [-0.4, -0.2) is 34.3 Å². The van der Waals surface area contributed by atoms with E-state index in [-0.39, 0.29) is 0 Å². The first-order chi connectivity index (χ1) is 7.33. The van der Waals surface area contributed by atoms with Crippen LogP contribution in [0.25, 0.3) is 0 Å². The van der Waals surface area contributed by atoms with Crippen molar-refractivity contribution >= 4 is 11.8 Å². The van der Waals surface area contributed by atoms with Crippen LogP contribution in [0.1, 0.15) is 19.4 Å². The van der Waals surface area contributed by atoms with Gasteiger partial charge >= 0.3 is 0 Å². The zero-order valence-corrected chi connectivity index (χ0v) is 10.2. The number of hydrogen-bond donors (Lipinski definition) is 3. The molecule has 16 heavy (non-hydrogen) atoms. The molecule has 0 unspecified atom stereocenters. The van der Waals surface area contributed by atoms with Crippen molar-refractivity contribution in [1.29, 1.82) is 0 Å². The van der Waals surface area contributed by atoms with E-state index < -0.39 is 5.60 Å². The molecule has 0 saturated heterocycles. The average Bonchev–Trinajstić information content (AvgIpc) is 2.15. The second-order valence-corrected chi connectivity index (χ2v) is 4.51. The van der Waals surface area contributed by atoms with E-state index in [1.54, 1.807) is 20.0 Å². The summed E-state index contributed by atoms with van der Waals surface area (Å²) >= 11 is 0. The predicted molar refractivity (Wildman–Crippen MR) is 64.1 cm³/mol. The molecule has 0 saturated carbocycles. The molecular weight excluding hydrogens is 206 g/mol. The van der Waals surface area contributed by atoms with E-state index in [1.165, 1.54) is 0 Å². The van der Waals surface area contributed by atoms with E-state index in [1.807, 2.05) is 18.9 Å². The molecule has 1 aromatic heterocycles. The van der Waals surface area contributed by atoms with Crippen LogP contribution in [0.15, 0.2) is 6.20 Å². The van der Waals surface area contributed by atoms with Crippen LogP contribution >= 0.6 is 0 Å². The van der Waals surface area contributed by atoms with E-state index in [0.717, 1.165) is 11.4 Å². The van der Waals surface area contributed by atoms with E-state index in [2.05, 4.69) is 15.4 Å². The van der Waals surface area contributed by atoms with Gasteiger partial charge in [-0.05, 0) is 20.8 Å². The van der Waals surface area contributed by atoms with Gasteiger partial charge < -0.3 is 10.0 Å². The summed E-state index contributed by atoms with van der Waals surface area (Å²) in [7, 11) is 1.87. The largest absolute Gasteiger partial charge is 0.389 e. The van der Waals surface area contributed by atoms with Gasteiger partial charge in [-0.2, -0.15) is 4.98 Å². The maximum Gasteiger partial charge on any atom is 0.239 e. The molecule has 90 valence electrons. The first kappa shape index (κ1) is 12.7.